The SMILES string of the molecule is c1ccc(-c2ccc(-n3c4ccccc4c4ccc5c6ccccc6n(-c6nc(-c7ccccc7)nc(-c7ccc8c(c7)oc7cc(-c9ccccc9)ccc78)n6)c5c43)cc2)cc1. The van der Waals surface area contributed by atoms with E-state index in [1.165, 1.54) is 16.5 Å². The summed E-state index contributed by atoms with van der Waals surface area (Å²) < 4.78 is 11.2. The second-order valence-corrected chi connectivity index (χ2v) is 16.0. The molecule has 13 aromatic rings. The van der Waals surface area contributed by atoms with Crippen molar-refractivity contribution in [3.05, 3.63) is 212 Å². The van der Waals surface area contributed by atoms with Gasteiger partial charge in [0.05, 0.1) is 22.1 Å². The Kier molecular flexibility index (Phi) is 7.80. The van der Waals surface area contributed by atoms with Crippen LogP contribution in [-0.2, 0) is 0 Å². The molecule has 0 spiro atoms. The molecular formula is C57H35N5O. The fourth-order valence-electron chi connectivity index (χ4n) is 9.45. The summed E-state index contributed by atoms with van der Waals surface area (Å²) in [6.07, 6.45) is 0. The molecule has 0 unspecified atom stereocenters. The lowest BCUT2D eigenvalue weighted by Gasteiger charge is -2.13. The zero-order chi connectivity index (χ0) is 41.4. The molecule has 0 saturated heterocycles. The Morgan fingerprint density at radius 2 is 0.730 bits per heavy atom. The Labute approximate surface area is 361 Å². The molecule has 0 amide bonds. The highest BCUT2D eigenvalue weighted by Crippen LogP contribution is 2.42. The van der Waals surface area contributed by atoms with Gasteiger partial charge in [-0.1, -0.05) is 164 Å². The predicted octanol–water partition coefficient (Wildman–Crippen LogP) is 14.6. The molecule has 63 heavy (non-hydrogen) atoms. The van der Waals surface area contributed by atoms with Gasteiger partial charge >= 0.3 is 0 Å². The van der Waals surface area contributed by atoms with Crippen LogP contribution in [0.3, 0.4) is 0 Å². The molecule has 4 aromatic heterocycles. The first kappa shape index (κ1) is 35.2. The van der Waals surface area contributed by atoms with E-state index in [4.69, 9.17) is 19.4 Å². The van der Waals surface area contributed by atoms with E-state index in [1.807, 2.05) is 24.3 Å². The van der Waals surface area contributed by atoms with E-state index in [2.05, 4.69) is 197 Å². The van der Waals surface area contributed by atoms with Crippen LogP contribution in [0.5, 0.6) is 0 Å². The lowest BCUT2D eigenvalue weighted by Crippen LogP contribution is -2.07. The van der Waals surface area contributed by atoms with Gasteiger partial charge in [0.15, 0.2) is 11.6 Å². The van der Waals surface area contributed by atoms with Gasteiger partial charge in [0, 0.05) is 49.1 Å². The summed E-state index contributed by atoms with van der Waals surface area (Å²) in [5.74, 6) is 1.68. The summed E-state index contributed by atoms with van der Waals surface area (Å²) in [6, 6.07) is 74.4. The van der Waals surface area contributed by atoms with Gasteiger partial charge < -0.3 is 8.98 Å². The van der Waals surface area contributed by atoms with E-state index >= 15 is 0 Å². The second kappa shape index (κ2) is 14.0. The lowest BCUT2D eigenvalue weighted by molar-refractivity contribution is 0.669. The van der Waals surface area contributed by atoms with Crippen LogP contribution in [-0.4, -0.2) is 24.1 Å². The Balaban J connectivity index is 1.06. The van der Waals surface area contributed by atoms with E-state index in [0.717, 1.165) is 88.1 Å². The van der Waals surface area contributed by atoms with Crippen molar-refractivity contribution >= 4 is 65.6 Å². The molecule has 9 aromatic carbocycles. The van der Waals surface area contributed by atoms with Crippen LogP contribution in [0.2, 0.25) is 0 Å². The monoisotopic (exact) mass is 805 g/mol. The first-order valence-electron chi connectivity index (χ1n) is 21.2. The van der Waals surface area contributed by atoms with Crippen molar-refractivity contribution in [1.29, 1.82) is 0 Å². The third-order valence-corrected chi connectivity index (χ3v) is 12.4. The fraction of sp³-hybridized carbons (Fsp3) is 0. The Morgan fingerprint density at radius 3 is 1.35 bits per heavy atom. The second-order valence-electron chi connectivity index (χ2n) is 16.0. The number of rotatable bonds is 6. The fourth-order valence-corrected chi connectivity index (χ4v) is 9.45. The van der Waals surface area contributed by atoms with Gasteiger partial charge in [0.2, 0.25) is 5.95 Å². The zero-order valence-corrected chi connectivity index (χ0v) is 33.9. The highest BCUT2D eigenvalue weighted by atomic mass is 16.3. The zero-order valence-electron chi connectivity index (χ0n) is 33.9. The van der Waals surface area contributed by atoms with Crippen molar-refractivity contribution in [2.24, 2.45) is 0 Å². The minimum atomic E-state index is 0.533. The molecule has 0 saturated carbocycles. The van der Waals surface area contributed by atoms with Gasteiger partial charge in [-0.3, -0.25) is 4.57 Å². The Bertz CT molecular complexity index is 3890. The molecule has 0 aliphatic heterocycles. The smallest absolute Gasteiger partial charge is 0.238 e. The van der Waals surface area contributed by atoms with E-state index < -0.39 is 0 Å². The number of benzene rings is 9. The molecule has 0 N–H and O–H groups in total. The number of furan rings is 1. The Hall–Kier alpha value is -8.61. The molecule has 0 aliphatic carbocycles. The largest absolute Gasteiger partial charge is 0.456 e. The molecule has 0 radical (unpaired) electrons. The summed E-state index contributed by atoms with van der Waals surface area (Å²) in [5.41, 5.74) is 13.3. The average Bonchev–Trinajstić information content (AvgIpc) is 4.02. The number of nitrogens with zero attached hydrogens (tertiary/aromatic N) is 5. The van der Waals surface area contributed by atoms with Crippen molar-refractivity contribution in [2.45, 2.75) is 0 Å². The molecule has 0 bridgehead atoms. The molecule has 0 fully saturated rings. The molecular weight excluding hydrogens is 771 g/mol. The molecule has 0 aliphatic rings. The van der Waals surface area contributed by atoms with E-state index in [-0.39, 0.29) is 0 Å². The van der Waals surface area contributed by atoms with Gasteiger partial charge in [-0.2, -0.15) is 9.97 Å². The van der Waals surface area contributed by atoms with Crippen molar-refractivity contribution < 1.29 is 4.42 Å². The number of hydrogen-bond acceptors (Lipinski definition) is 4. The lowest BCUT2D eigenvalue weighted by atomic mass is 10.0. The van der Waals surface area contributed by atoms with Crippen molar-refractivity contribution in [2.75, 3.05) is 0 Å². The van der Waals surface area contributed by atoms with Crippen LogP contribution in [0.4, 0.5) is 0 Å². The topological polar surface area (TPSA) is 61.7 Å². The van der Waals surface area contributed by atoms with Crippen molar-refractivity contribution in [3.63, 3.8) is 0 Å². The number of hydrogen-bond donors (Lipinski definition) is 0. The maximum atomic E-state index is 6.59. The highest BCUT2D eigenvalue weighted by molar-refractivity contribution is 6.23. The average molecular weight is 806 g/mol. The van der Waals surface area contributed by atoms with E-state index in [1.54, 1.807) is 0 Å². The third-order valence-electron chi connectivity index (χ3n) is 12.4. The van der Waals surface area contributed by atoms with Gasteiger partial charge in [-0.25, -0.2) is 4.98 Å². The predicted molar refractivity (Wildman–Crippen MR) is 258 cm³/mol. The van der Waals surface area contributed by atoms with Crippen molar-refractivity contribution in [1.82, 2.24) is 24.1 Å². The summed E-state index contributed by atoms with van der Waals surface area (Å²) in [5, 5.41) is 6.67. The van der Waals surface area contributed by atoms with Crippen LogP contribution < -0.4 is 0 Å². The standard InChI is InChI=1S/C57H35N5O/c1-4-14-36(15-5-1)38-24-28-42(29-25-38)61-49-22-12-10-20-43(49)47-32-33-48-44-21-11-13-23-50(44)62(54(48)53(47)61)57-59-55(39-18-8-3-9-19-39)58-56(60-57)41-27-31-46-45-30-26-40(37-16-6-2-7-17-37)34-51(45)63-52(46)35-41/h1-35H. The normalized spacial score (nSPS) is 11.8. The van der Waals surface area contributed by atoms with Crippen LogP contribution in [0, 0.1) is 0 Å². The summed E-state index contributed by atoms with van der Waals surface area (Å²) in [6.45, 7) is 0. The first-order valence-corrected chi connectivity index (χ1v) is 21.2. The first-order chi connectivity index (χ1) is 31.2. The molecule has 294 valence electrons. The van der Waals surface area contributed by atoms with E-state index in [9.17, 15) is 0 Å². The number of fused-ring (bicyclic) bond motifs is 10. The van der Waals surface area contributed by atoms with Gasteiger partial charge in [0.25, 0.3) is 0 Å². The van der Waals surface area contributed by atoms with Gasteiger partial charge in [0.1, 0.15) is 11.2 Å². The minimum absolute atomic E-state index is 0.533. The maximum Gasteiger partial charge on any atom is 0.238 e. The maximum absolute atomic E-state index is 6.59. The molecule has 0 atom stereocenters. The molecule has 6 heteroatoms. The summed E-state index contributed by atoms with van der Waals surface area (Å²) >= 11 is 0. The quantitative estimate of drug-likeness (QED) is 0.168. The minimum Gasteiger partial charge on any atom is -0.456 e. The highest BCUT2D eigenvalue weighted by Gasteiger charge is 2.24. The number of para-hydroxylation sites is 2. The molecule has 6 nitrogen and oxygen atoms in total. The summed E-state index contributed by atoms with van der Waals surface area (Å²) in [4.78, 5) is 15.9. The van der Waals surface area contributed by atoms with Crippen molar-refractivity contribution in [3.8, 4) is 56.7 Å². The van der Waals surface area contributed by atoms with E-state index in [0.29, 0.717) is 17.6 Å². The van der Waals surface area contributed by atoms with Crippen LogP contribution in [0.1, 0.15) is 0 Å². The molecule has 4 heterocycles. The number of aromatic nitrogens is 5. The van der Waals surface area contributed by atoms with Gasteiger partial charge in [-0.15, -0.1) is 0 Å². The summed E-state index contributed by atoms with van der Waals surface area (Å²) in [7, 11) is 0. The third kappa shape index (κ3) is 5.62. The Morgan fingerprint density at radius 1 is 0.302 bits per heavy atom. The van der Waals surface area contributed by atoms with Crippen LogP contribution in [0.25, 0.3) is 122 Å². The molecule has 13 rings (SSSR count). The van der Waals surface area contributed by atoms with Gasteiger partial charge in [-0.05, 0) is 70.8 Å². The van der Waals surface area contributed by atoms with Crippen LogP contribution >= 0.6 is 0 Å². The van der Waals surface area contributed by atoms with Crippen LogP contribution in [0.15, 0.2) is 217 Å².